The molecule has 0 aromatic rings. The first-order chi connectivity index (χ1) is 6.79. The Labute approximate surface area is 89.1 Å². The van der Waals surface area contributed by atoms with Crippen molar-refractivity contribution < 1.29 is 0 Å². The maximum atomic E-state index is 3.45. The zero-order valence-electron chi connectivity index (χ0n) is 10.1. The normalized spacial score (nSPS) is 18.9. The molecule has 0 amide bonds. The van der Waals surface area contributed by atoms with E-state index in [-0.39, 0.29) is 0 Å². The predicted octanol–water partition coefficient (Wildman–Crippen LogP) is 2.25. The summed E-state index contributed by atoms with van der Waals surface area (Å²) in [5.41, 5.74) is 0. The Morgan fingerprint density at radius 1 is 1.36 bits per heavy atom. The number of hydrogen-bond donors (Lipinski definition) is 1. The molecule has 1 N–H and O–H groups in total. The fourth-order valence-corrected chi connectivity index (χ4v) is 1.98. The molecule has 1 unspecified atom stereocenters. The van der Waals surface area contributed by atoms with Gasteiger partial charge in [-0.25, -0.2) is 0 Å². The molecule has 1 aliphatic carbocycles. The van der Waals surface area contributed by atoms with Gasteiger partial charge in [0, 0.05) is 18.6 Å². The van der Waals surface area contributed by atoms with Crippen molar-refractivity contribution in [1.29, 1.82) is 0 Å². The highest BCUT2D eigenvalue weighted by molar-refractivity contribution is 4.87. The summed E-state index contributed by atoms with van der Waals surface area (Å²) in [5, 5.41) is 3.45. The van der Waals surface area contributed by atoms with Crippen LogP contribution in [-0.4, -0.2) is 36.6 Å². The Bertz CT molecular complexity index is 143. The first-order valence-corrected chi connectivity index (χ1v) is 6.26. The second-order valence-electron chi connectivity index (χ2n) is 4.48. The van der Waals surface area contributed by atoms with Gasteiger partial charge in [-0.2, -0.15) is 0 Å². The zero-order valence-corrected chi connectivity index (χ0v) is 10.1. The Hall–Kier alpha value is -0.0800. The maximum Gasteiger partial charge on any atom is 0.0195 e. The van der Waals surface area contributed by atoms with Crippen LogP contribution in [-0.2, 0) is 0 Å². The number of nitrogens with zero attached hydrogens (tertiary/aromatic N) is 1. The van der Waals surface area contributed by atoms with Crippen LogP contribution in [0.4, 0.5) is 0 Å². The van der Waals surface area contributed by atoms with Crippen molar-refractivity contribution in [3.05, 3.63) is 0 Å². The SMILES string of the molecule is CCCCN(C(C)CNCC)C1CC1. The molecule has 1 rings (SSSR count). The molecule has 1 fully saturated rings. The van der Waals surface area contributed by atoms with Crippen LogP contribution >= 0.6 is 0 Å². The van der Waals surface area contributed by atoms with Crippen LogP contribution in [0.3, 0.4) is 0 Å². The van der Waals surface area contributed by atoms with E-state index in [2.05, 4.69) is 31.0 Å². The summed E-state index contributed by atoms with van der Waals surface area (Å²) in [5.74, 6) is 0. The van der Waals surface area contributed by atoms with Gasteiger partial charge in [0.05, 0.1) is 0 Å². The lowest BCUT2D eigenvalue weighted by atomic mass is 10.2. The van der Waals surface area contributed by atoms with Crippen molar-refractivity contribution in [2.75, 3.05) is 19.6 Å². The number of hydrogen-bond acceptors (Lipinski definition) is 2. The average Bonchev–Trinajstić information content (AvgIpc) is 2.99. The van der Waals surface area contributed by atoms with E-state index >= 15 is 0 Å². The Kier molecular flexibility index (Phi) is 5.49. The largest absolute Gasteiger partial charge is 0.315 e. The van der Waals surface area contributed by atoms with Gasteiger partial charge in [0.1, 0.15) is 0 Å². The van der Waals surface area contributed by atoms with E-state index in [4.69, 9.17) is 0 Å². The molecule has 0 aromatic carbocycles. The van der Waals surface area contributed by atoms with Gasteiger partial charge in [0.15, 0.2) is 0 Å². The molecular weight excluding hydrogens is 172 g/mol. The fourth-order valence-electron chi connectivity index (χ4n) is 1.98. The van der Waals surface area contributed by atoms with E-state index in [1.54, 1.807) is 0 Å². The van der Waals surface area contributed by atoms with Crippen LogP contribution in [0.25, 0.3) is 0 Å². The van der Waals surface area contributed by atoms with Crippen LogP contribution in [0, 0.1) is 0 Å². The molecule has 84 valence electrons. The second-order valence-corrected chi connectivity index (χ2v) is 4.48. The third-order valence-corrected chi connectivity index (χ3v) is 3.04. The molecule has 1 aliphatic rings. The van der Waals surface area contributed by atoms with Crippen LogP contribution in [0.5, 0.6) is 0 Å². The molecular formula is C12H26N2. The molecule has 0 heterocycles. The summed E-state index contributed by atoms with van der Waals surface area (Å²) in [7, 11) is 0. The van der Waals surface area contributed by atoms with Crippen LogP contribution in [0.15, 0.2) is 0 Å². The fraction of sp³-hybridized carbons (Fsp3) is 1.00. The van der Waals surface area contributed by atoms with Crippen molar-refractivity contribution in [3.8, 4) is 0 Å². The van der Waals surface area contributed by atoms with E-state index < -0.39 is 0 Å². The molecule has 0 radical (unpaired) electrons. The van der Waals surface area contributed by atoms with Gasteiger partial charge < -0.3 is 5.32 Å². The number of nitrogens with one attached hydrogen (secondary N) is 1. The predicted molar refractivity (Wildman–Crippen MR) is 62.6 cm³/mol. The lowest BCUT2D eigenvalue weighted by Gasteiger charge is -2.29. The summed E-state index contributed by atoms with van der Waals surface area (Å²) >= 11 is 0. The Morgan fingerprint density at radius 2 is 2.07 bits per heavy atom. The molecule has 1 saturated carbocycles. The lowest BCUT2D eigenvalue weighted by molar-refractivity contribution is 0.192. The minimum Gasteiger partial charge on any atom is -0.315 e. The number of likely N-dealkylation sites (N-methyl/N-ethyl adjacent to an activating group) is 1. The molecule has 0 bridgehead atoms. The Balaban J connectivity index is 2.24. The standard InChI is InChI=1S/C12H26N2/c1-4-6-9-14(12-7-8-12)11(3)10-13-5-2/h11-13H,4-10H2,1-3H3. The van der Waals surface area contributed by atoms with Crippen molar-refractivity contribution in [3.63, 3.8) is 0 Å². The van der Waals surface area contributed by atoms with E-state index in [0.29, 0.717) is 6.04 Å². The first-order valence-electron chi connectivity index (χ1n) is 6.26. The van der Waals surface area contributed by atoms with Gasteiger partial charge in [0.2, 0.25) is 0 Å². The first kappa shape index (κ1) is 12.0. The summed E-state index contributed by atoms with van der Waals surface area (Å²) in [6, 6.07) is 1.63. The number of unbranched alkanes of at least 4 members (excludes halogenated alkanes) is 1. The minimum absolute atomic E-state index is 0.717. The van der Waals surface area contributed by atoms with Crippen LogP contribution in [0.1, 0.15) is 46.5 Å². The van der Waals surface area contributed by atoms with Crippen LogP contribution in [0.2, 0.25) is 0 Å². The quantitative estimate of drug-likeness (QED) is 0.643. The van der Waals surface area contributed by atoms with Crippen molar-refractivity contribution in [2.24, 2.45) is 0 Å². The van der Waals surface area contributed by atoms with E-state index in [1.165, 1.54) is 32.2 Å². The molecule has 2 heteroatoms. The molecule has 0 saturated heterocycles. The van der Waals surface area contributed by atoms with Gasteiger partial charge in [0.25, 0.3) is 0 Å². The summed E-state index contributed by atoms with van der Waals surface area (Å²) in [4.78, 5) is 2.70. The van der Waals surface area contributed by atoms with Gasteiger partial charge in [-0.15, -0.1) is 0 Å². The van der Waals surface area contributed by atoms with Gasteiger partial charge >= 0.3 is 0 Å². The van der Waals surface area contributed by atoms with Gasteiger partial charge in [-0.05, 0) is 39.3 Å². The molecule has 0 spiro atoms. The third kappa shape index (κ3) is 3.97. The van der Waals surface area contributed by atoms with E-state index in [1.807, 2.05) is 0 Å². The minimum atomic E-state index is 0.717. The highest BCUT2D eigenvalue weighted by Gasteiger charge is 2.31. The van der Waals surface area contributed by atoms with Crippen LogP contribution < -0.4 is 5.32 Å². The third-order valence-electron chi connectivity index (χ3n) is 3.04. The molecule has 14 heavy (non-hydrogen) atoms. The van der Waals surface area contributed by atoms with Crippen molar-refractivity contribution >= 4 is 0 Å². The van der Waals surface area contributed by atoms with Gasteiger partial charge in [-0.3, -0.25) is 4.90 Å². The zero-order chi connectivity index (χ0) is 10.4. The average molecular weight is 198 g/mol. The molecule has 1 atom stereocenters. The van der Waals surface area contributed by atoms with Crippen molar-refractivity contribution in [2.45, 2.75) is 58.5 Å². The molecule has 0 aromatic heterocycles. The summed E-state index contributed by atoms with van der Waals surface area (Å²) in [6.45, 7) is 10.4. The van der Waals surface area contributed by atoms with E-state index in [9.17, 15) is 0 Å². The second kappa shape index (κ2) is 6.41. The topological polar surface area (TPSA) is 15.3 Å². The highest BCUT2D eigenvalue weighted by atomic mass is 15.2. The smallest absolute Gasteiger partial charge is 0.0195 e. The van der Waals surface area contributed by atoms with Gasteiger partial charge in [-0.1, -0.05) is 20.3 Å². The van der Waals surface area contributed by atoms with E-state index in [0.717, 1.165) is 19.1 Å². The summed E-state index contributed by atoms with van der Waals surface area (Å²) < 4.78 is 0. The monoisotopic (exact) mass is 198 g/mol. The lowest BCUT2D eigenvalue weighted by Crippen LogP contribution is -2.42. The highest BCUT2D eigenvalue weighted by Crippen LogP contribution is 2.28. The Morgan fingerprint density at radius 3 is 2.57 bits per heavy atom. The number of rotatable bonds is 8. The maximum absolute atomic E-state index is 3.45. The molecule has 0 aliphatic heterocycles. The molecule has 2 nitrogen and oxygen atoms in total. The summed E-state index contributed by atoms with van der Waals surface area (Å²) in [6.07, 6.45) is 5.53. The van der Waals surface area contributed by atoms with Crippen molar-refractivity contribution in [1.82, 2.24) is 10.2 Å².